The highest BCUT2D eigenvalue weighted by Crippen LogP contribution is 2.37. The van der Waals surface area contributed by atoms with Crippen LogP contribution in [0.2, 0.25) is 18.1 Å². The van der Waals surface area contributed by atoms with Gasteiger partial charge in [-0.1, -0.05) is 40.7 Å². The van der Waals surface area contributed by atoms with Gasteiger partial charge in [-0.05, 0) is 75.0 Å². The van der Waals surface area contributed by atoms with Crippen LogP contribution in [0.15, 0.2) is 18.2 Å². The summed E-state index contributed by atoms with van der Waals surface area (Å²) in [7, 11) is -0.344. The van der Waals surface area contributed by atoms with E-state index in [0.717, 1.165) is 11.1 Å². The summed E-state index contributed by atoms with van der Waals surface area (Å²) in [6, 6.07) is 4.06. The van der Waals surface area contributed by atoms with E-state index >= 15 is 0 Å². The van der Waals surface area contributed by atoms with Crippen molar-refractivity contribution in [3.05, 3.63) is 29.3 Å². The first kappa shape index (κ1) is 33.6. The molecular formula is C28H50N4O5Si. The van der Waals surface area contributed by atoms with Crippen molar-refractivity contribution >= 4 is 31.9 Å². The molecule has 0 fully saturated rings. The number of nitrogens with two attached hydrogens (primary N) is 1. The van der Waals surface area contributed by atoms with E-state index in [-0.39, 0.29) is 29.3 Å². The lowest BCUT2D eigenvalue weighted by atomic mass is 10.0. The number of hydrogen-bond acceptors (Lipinski definition) is 6. The molecule has 1 aromatic rings. The average molecular weight is 551 g/mol. The maximum absolute atomic E-state index is 12.8. The zero-order chi connectivity index (χ0) is 29.6. The standard InChI is InChI=1S/C28H50N4O5Si/c1-18(2)23(29)25(34)30-19(3)24(33)31-22-14-13-20(17-36-38(11,12)28(7,8)9)21(15-22)16-32(10)26(35)37-27(4,5)6/h13-15,18-19,23H,16-17,29H2,1-12H3,(H,30,34)(H,31,33)/t19-,23-/m0/s1. The zero-order valence-electron chi connectivity index (χ0n) is 25.4. The summed E-state index contributed by atoms with van der Waals surface area (Å²) in [5.41, 5.74) is 7.58. The Labute approximate surface area is 230 Å². The SMILES string of the molecule is CC(C)[C@H](N)C(=O)N[C@@H](C)C(=O)Nc1ccc(CO[Si](C)(C)C(C)(C)C)c(CN(C)C(=O)OC(C)(C)C)c1. The van der Waals surface area contributed by atoms with Gasteiger partial charge in [0.25, 0.3) is 0 Å². The summed E-state index contributed by atoms with van der Waals surface area (Å²) in [5.74, 6) is -0.789. The van der Waals surface area contributed by atoms with E-state index in [0.29, 0.717) is 12.3 Å². The van der Waals surface area contributed by atoms with Gasteiger partial charge in [0.1, 0.15) is 11.6 Å². The maximum atomic E-state index is 12.8. The molecule has 10 heteroatoms. The van der Waals surface area contributed by atoms with Gasteiger partial charge in [-0.3, -0.25) is 9.59 Å². The predicted octanol–water partition coefficient (Wildman–Crippen LogP) is 5.00. The number of nitrogens with zero attached hydrogens (tertiary/aromatic N) is 1. The summed E-state index contributed by atoms with van der Waals surface area (Å²) in [4.78, 5) is 39.2. The molecule has 0 aliphatic carbocycles. The molecule has 1 rings (SSSR count). The second-order valence-corrected chi connectivity index (χ2v) is 17.7. The zero-order valence-corrected chi connectivity index (χ0v) is 26.4. The topological polar surface area (TPSA) is 123 Å². The molecule has 0 bridgehead atoms. The lowest BCUT2D eigenvalue weighted by molar-refractivity contribution is -0.127. The Morgan fingerprint density at radius 1 is 1.00 bits per heavy atom. The molecule has 9 nitrogen and oxygen atoms in total. The molecule has 0 unspecified atom stereocenters. The highest BCUT2D eigenvalue weighted by Gasteiger charge is 2.37. The van der Waals surface area contributed by atoms with E-state index in [9.17, 15) is 14.4 Å². The van der Waals surface area contributed by atoms with Gasteiger partial charge in [0.15, 0.2) is 8.32 Å². The molecule has 4 N–H and O–H groups in total. The third-order valence-electron chi connectivity index (χ3n) is 6.75. The van der Waals surface area contributed by atoms with Crippen molar-refractivity contribution < 1.29 is 23.5 Å². The fraction of sp³-hybridized carbons (Fsp3) is 0.679. The lowest BCUT2D eigenvalue weighted by Crippen LogP contribution is -2.50. The minimum atomic E-state index is -2.02. The number of hydrogen-bond donors (Lipinski definition) is 3. The summed E-state index contributed by atoms with van der Waals surface area (Å²) < 4.78 is 12.0. The summed E-state index contributed by atoms with van der Waals surface area (Å²) in [6.45, 7) is 22.4. The predicted molar refractivity (Wildman–Crippen MR) is 155 cm³/mol. The van der Waals surface area contributed by atoms with Gasteiger partial charge >= 0.3 is 6.09 Å². The number of ether oxygens (including phenoxy) is 1. The molecule has 2 atom stereocenters. The van der Waals surface area contributed by atoms with Gasteiger partial charge in [-0.2, -0.15) is 0 Å². The van der Waals surface area contributed by atoms with Crippen molar-refractivity contribution in [3.63, 3.8) is 0 Å². The van der Waals surface area contributed by atoms with E-state index in [4.69, 9.17) is 14.9 Å². The molecule has 1 aromatic carbocycles. The van der Waals surface area contributed by atoms with Crippen LogP contribution in [-0.2, 0) is 31.9 Å². The van der Waals surface area contributed by atoms with Crippen LogP contribution in [0.1, 0.15) is 73.4 Å². The average Bonchev–Trinajstić information content (AvgIpc) is 2.75. The Morgan fingerprint density at radius 2 is 1.58 bits per heavy atom. The molecular weight excluding hydrogens is 500 g/mol. The minimum Gasteiger partial charge on any atom is -0.444 e. The van der Waals surface area contributed by atoms with E-state index in [2.05, 4.69) is 44.5 Å². The Hall–Kier alpha value is -2.43. The monoisotopic (exact) mass is 550 g/mol. The number of carbonyl (C=O) groups is 3. The number of nitrogens with one attached hydrogen (secondary N) is 2. The first-order valence-electron chi connectivity index (χ1n) is 13.2. The van der Waals surface area contributed by atoms with Gasteiger partial charge in [0, 0.05) is 19.3 Å². The van der Waals surface area contributed by atoms with Crippen LogP contribution in [0.3, 0.4) is 0 Å². The highest BCUT2D eigenvalue weighted by atomic mass is 28.4. The molecule has 38 heavy (non-hydrogen) atoms. The molecule has 0 aliphatic heterocycles. The van der Waals surface area contributed by atoms with E-state index < -0.39 is 32.1 Å². The summed E-state index contributed by atoms with van der Waals surface area (Å²) in [5, 5.41) is 5.57. The lowest BCUT2D eigenvalue weighted by Gasteiger charge is -2.36. The molecule has 0 spiro atoms. The Balaban J connectivity index is 3.16. The molecule has 0 aromatic heterocycles. The molecule has 216 valence electrons. The molecule has 3 amide bonds. The molecule has 0 aliphatic rings. The second kappa shape index (κ2) is 13.1. The number of amides is 3. The fourth-order valence-electron chi connectivity index (χ4n) is 3.05. The Bertz CT molecular complexity index is 982. The quantitative estimate of drug-likeness (QED) is 0.352. The van der Waals surface area contributed by atoms with Crippen LogP contribution in [0, 0.1) is 5.92 Å². The van der Waals surface area contributed by atoms with Crippen LogP contribution in [0.4, 0.5) is 10.5 Å². The van der Waals surface area contributed by atoms with Crippen molar-refractivity contribution in [3.8, 4) is 0 Å². The summed E-state index contributed by atoms with van der Waals surface area (Å²) in [6.07, 6.45) is -0.443. The number of benzene rings is 1. The fourth-order valence-corrected chi connectivity index (χ4v) is 4.00. The Morgan fingerprint density at radius 3 is 2.08 bits per heavy atom. The first-order chi connectivity index (χ1) is 17.1. The van der Waals surface area contributed by atoms with Crippen molar-refractivity contribution in [1.29, 1.82) is 0 Å². The molecule has 0 saturated carbocycles. The van der Waals surface area contributed by atoms with Gasteiger partial charge in [-0.15, -0.1) is 0 Å². The van der Waals surface area contributed by atoms with E-state index in [1.165, 1.54) is 4.90 Å². The summed E-state index contributed by atoms with van der Waals surface area (Å²) >= 11 is 0. The number of rotatable bonds is 10. The number of anilines is 1. The van der Waals surface area contributed by atoms with Crippen LogP contribution in [0.5, 0.6) is 0 Å². The van der Waals surface area contributed by atoms with E-state index in [1.807, 2.05) is 46.8 Å². The van der Waals surface area contributed by atoms with Crippen molar-refractivity contribution in [2.45, 2.75) is 111 Å². The third kappa shape index (κ3) is 10.4. The minimum absolute atomic E-state index is 0.0455. The van der Waals surface area contributed by atoms with Crippen molar-refractivity contribution in [2.24, 2.45) is 11.7 Å². The molecule has 0 heterocycles. The first-order valence-corrected chi connectivity index (χ1v) is 16.1. The number of carbonyl (C=O) groups excluding carboxylic acids is 3. The van der Waals surface area contributed by atoms with Crippen molar-refractivity contribution in [2.75, 3.05) is 12.4 Å². The van der Waals surface area contributed by atoms with Crippen LogP contribution >= 0.6 is 0 Å². The van der Waals surface area contributed by atoms with Crippen LogP contribution in [-0.4, -0.2) is 55.9 Å². The van der Waals surface area contributed by atoms with Gasteiger partial charge in [0.2, 0.25) is 11.8 Å². The molecule has 0 saturated heterocycles. The van der Waals surface area contributed by atoms with Crippen LogP contribution < -0.4 is 16.4 Å². The second-order valence-electron chi connectivity index (χ2n) is 12.9. The van der Waals surface area contributed by atoms with Gasteiger partial charge < -0.3 is 30.4 Å². The smallest absolute Gasteiger partial charge is 0.410 e. The maximum Gasteiger partial charge on any atom is 0.410 e. The molecule has 0 radical (unpaired) electrons. The van der Waals surface area contributed by atoms with Gasteiger partial charge in [-0.25, -0.2) is 4.79 Å². The largest absolute Gasteiger partial charge is 0.444 e. The van der Waals surface area contributed by atoms with Crippen LogP contribution in [0.25, 0.3) is 0 Å². The Kier molecular flexibility index (Phi) is 11.6. The van der Waals surface area contributed by atoms with Gasteiger partial charge in [0.05, 0.1) is 12.6 Å². The highest BCUT2D eigenvalue weighted by molar-refractivity contribution is 6.74. The van der Waals surface area contributed by atoms with Crippen molar-refractivity contribution in [1.82, 2.24) is 10.2 Å². The van der Waals surface area contributed by atoms with E-state index in [1.54, 1.807) is 20.0 Å². The third-order valence-corrected chi connectivity index (χ3v) is 11.2. The normalized spacial score (nSPS) is 14.1.